The van der Waals surface area contributed by atoms with Crippen LogP contribution < -0.4 is 5.73 Å². The number of hydrogen-bond donors (Lipinski definition) is 2. The Morgan fingerprint density at radius 1 is 1.67 bits per heavy atom. The first kappa shape index (κ1) is 15.7. The van der Waals surface area contributed by atoms with Crippen molar-refractivity contribution in [2.45, 2.75) is 0 Å². The topological polar surface area (TPSA) is 63.3 Å². The summed E-state index contributed by atoms with van der Waals surface area (Å²) in [7, 11) is 0. The molecule has 0 aliphatic carbocycles. The maximum atomic E-state index is 8.78. The van der Waals surface area contributed by atoms with Gasteiger partial charge in [0, 0.05) is 0 Å². The van der Waals surface area contributed by atoms with E-state index in [-0.39, 0.29) is 68.4 Å². The van der Waals surface area contributed by atoms with Crippen LogP contribution in [0.4, 0.5) is 4.79 Å². The Morgan fingerprint density at radius 2 is 1.67 bits per heavy atom. The Balaban J connectivity index is -0.0000000450. The molecular weight excluding hydrogens is 177 g/mol. The monoisotopic (exact) mass is 181 g/mol. The van der Waals surface area contributed by atoms with Gasteiger partial charge >= 0.3 is 57.5 Å². The third-order valence-electron chi connectivity index (χ3n) is 0. The molecule has 5 heteroatoms. The normalized spacial score (nSPS) is 4.00. The summed E-state index contributed by atoms with van der Waals surface area (Å²) in [5.74, 6) is 0. The van der Waals surface area contributed by atoms with Gasteiger partial charge in [0.05, 0.1) is 0 Å². The van der Waals surface area contributed by atoms with Gasteiger partial charge in [0.1, 0.15) is 0 Å². The number of hydrogen-bond acceptors (Lipinski definition) is 1. The molecule has 3 nitrogen and oxygen atoms in total. The van der Waals surface area contributed by atoms with E-state index in [2.05, 4.69) is 5.73 Å². The number of amides is 1. The average Bonchev–Trinajstić information content (AvgIpc) is 0.811. The van der Waals surface area contributed by atoms with Gasteiger partial charge in [-0.1, -0.05) is 0 Å². The van der Waals surface area contributed by atoms with Crippen molar-refractivity contribution in [2.24, 2.45) is 5.73 Å². The second-order valence-electron chi connectivity index (χ2n) is 0.338. The van der Waals surface area contributed by atoms with E-state index >= 15 is 0 Å². The second-order valence-corrected chi connectivity index (χ2v) is 0.338. The Morgan fingerprint density at radius 3 is 1.67 bits per heavy atom. The first-order valence-electron chi connectivity index (χ1n) is 0.716. The van der Waals surface area contributed by atoms with E-state index < -0.39 is 6.09 Å². The number of rotatable bonds is 0. The van der Waals surface area contributed by atoms with Gasteiger partial charge in [0.25, 0.3) is 0 Å². The van der Waals surface area contributed by atoms with Crippen LogP contribution in [0, 0.1) is 0 Å². The third-order valence-corrected chi connectivity index (χ3v) is 0. The quantitative estimate of drug-likeness (QED) is 0.498. The zero-order valence-corrected chi connectivity index (χ0v) is 4.05. The van der Waals surface area contributed by atoms with E-state index in [1.165, 1.54) is 0 Å². The Kier molecular flexibility index (Phi) is 25.1. The first-order valence-corrected chi connectivity index (χ1v) is 0.716. The van der Waals surface area contributed by atoms with Crippen LogP contribution in [0.25, 0.3) is 0 Å². The van der Waals surface area contributed by atoms with Crippen molar-refractivity contribution in [1.29, 1.82) is 0 Å². The molecule has 3 N–H and O–H groups in total. The van der Waals surface area contributed by atoms with Crippen LogP contribution >= 0.6 is 17.0 Å². The molecule has 0 fully saturated rings. The molecule has 0 bridgehead atoms. The summed E-state index contributed by atoms with van der Waals surface area (Å²) in [6.45, 7) is 0. The predicted octanol–water partition coefficient (Wildman–Crippen LogP) is -0.447. The predicted molar refractivity (Wildman–Crippen MR) is 29.7 cm³/mol. The average molecular weight is 182 g/mol. The van der Waals surface area contributed by atoms with Crippen molar-refractivity contribution >= 4 is 74.5 Å². The fourth-order valence-corrected chi connectivity index (χ4v) is 0. The summed E-state index contributed by atoms with van der Waals surface area (Å²) in [6, 6.07) is 0. The fraction of sp³-hybridized carbons (Fsp3) is 0. The molecule has 6 heavy (non-hydrogen) atoms. The number of primary amides is 1. The summed E-state index contributed by atoms with van der Waals surface area (Å²) in [4.78, 5) is 8.78. The molecule has 0 aromatic heterocycles. The van der Waals surface area contributed by atoms with Crippen molar-refractivity contribution < 1.29 is 9.90 Å². The molecule has 0 aromatic rings. The van der Waals surface area contributed by atoms with E-state index in [0.29, 0.717) is 0 Å². The standard InChI is InChI=1S/CH3NO2.BrH.K.H/c2-1(3)4;;;/h2H2,(H,3,4);1H;;. The van der Waals surface area contributed by atoms with Crippen molar-refractivity contribution in [3.63, 3.8) is 0 Å². The minimum absolute atomic E-state index is 0. The zero-order valence-electron chi connectivity index (χ0n) is 2.34. The van der Waals surface area contributed by atoms with Gasteiger partial charge in [-0.05, 0) is 0 Å². The molecule has 0 saturated carbocycles. The Hall–Kier alpha value is 1.39. The van der Waals surface area contributed by atoms with Gasteiger partial charge in [-0.15, -0.1) is 17.0 Å². The summed E-state index contributed by atoms with van der Waals surface area (Å²) in [6.07, 6.45) is -1.33. The van der Waals surface area contributed by atoms with Crippen molar-refractivity contribution in [2.75, 3.05) is 0 Å². The number of halogens is 1. The molecule has 0 heterocycles. The van der Waals surface area contributed by atoms with Gasteiger partial charge in [-0.3, -0.25) is 0 Å². The Labute approximate surface area is 88.5 Å². The van der Waals surface area contributed by atoms with Gasteiger partial charge in [0.2, 0.25) is 0 Å². The third kappa shape index (κ3) is 53.9. The van der Waals surface area contributed by atoms with E-state index in [1.54, 1.807) is 0 Å². The summed E-state index contributed by atoms with van der Waals surface area (Å²) < 4.78 is 0. The summed E-state index contributed by atoms with van der Waals surface area (Å²) in [5, 5.41) is 7.19. The summed E-state index contributed by atoms with van der Waals surface area (Å²) in [5.41, 5.74) is 4.03. The molecule has 34 valence electrons. The molecule has 0 aliphatic rings. The van der Waals surface area contributed by atoms with E-state index in [0.717, 1.165) is 0 Å². The van der Waals surface area contributed by atoms with Crippen molar-refractivity contribution in [3.05, 3.63) is 0 Å². The number of nitrogens with two attached hydrogens (primary N) is 1. The molecule has 0 atom stereocenters. The van der Waals surface area contributed by atoms with Crippen LogP contribution in [-0.2, 0) is 0 Å². The molecule has 0 saturated heterocycles. The fourth-order valence-electron chi connectivity index (χ4n) is 0. The molecule has 0 unspecified atom stereocenters. The molecule has 0 rings (SSSR count). The van der Waals surface area contributed by atoms with Crippen LogP contribution in [0.2, 0.25) is 0 Å². The molecule has 1 amide bonds. The van der Waals surface area contributed by atoms with Crippen LogP contribution in [0.15, 0.2) is 0 Å². The van der Waals surface area contributed by atoms with Crippen molar-refractivity contribution in [1.82, 2.24) is 0 Å². The summed E-state index contributed by atoms with van der Waals surface area (Å²) >= 11 is 0. The van der Waals surface area contributed by atoms with Gasteiger partial charge in [0.15, 0.2) is 0 Å². The van der Waals surface area contributed by atoms with Crippen LogP contribution in [0.1, 0.15) is 0 Å². The Bertz CT molecular complexity index is 36.5. The van der Waals surface area contributed by atoms with Gasteiger partial charge in [-0.25, -0.2) is 4.79 Å². The SMILES string of the molecule is Br.NC(=O)O.[KH]. The maximum absolute atomic E-state index is 8.78. The second kappa shape index (κ2) is 9.63. The molecule has 0 radical (unpaired) electrons. The first-order chi connectivity index (χ1) is 1.73. The minimum atomic E-state index is -1.33. The van der Waals surface area contributed by atoms with Crippen LogP contribution in [0.3, 0.4) is 0 Å². The number of carboxylic acid groups (broad SMARTS) is 1. The number of carbonyl (C=O) groups is 1. The molecule has 0 aliphatic heterocycles. The van der Waals surface area contributed by atoms with E-state index in [1.807, 2.05) is 0 Å². The molecular formula is CH5BrKNO2. The van der Waals surface area contributed by atoms with Crippen LogP contribution in [-0.4, -0.2) is 62.6 Å². The van der Waals surface area contributed by atoms with Crippen LogP contribution in [0.5, 0.6) is 0 Å². The molecule has 0 aromatic carbocycles. The van der Waals surface area contributed by atoms with Gasteiger partial charge in [-0.2, -0.15) is 0 Å². The van der Waals surface area contributed by atoms with E-state index in [4.69, 9.17) is 9.90 Å². The zero-order chi connectivity index (χ0) is 3.58. The van der Waals surface area contributed by atoms with E-state index in [9.17, 15) is 0 Å². The van der Waals surface area contributed by atoms with Gasteiger partial charge < -0.3 is 10.8 Å². The molecule has 0 spiro atoms. The van der Waals surface area contributed by atoms with Crippen molar-refractivity contribution in [3.8, 4) is 0 Å².